The number of amides is 2. The number of carbonyl (C=O) groups is 2. The number of carbonyl (C=O) groups excluding carboxylic acids is 2. The lowest BCUT2D eigenvalue weighted by Gasteiger charge is -2.51. The van der Waals surface area contributed by atoms with Gasteiger partial charge >= 0.3 is 6.09 Å². The molecule has 6 nitrogen and oxygen atoms in total. The molecule has 2 amide bonds. The molecule has 2 bridgehead atoms. The number of hydrogen-bond acceptors (Lipinski definition) is 4. The van der Waals surface area contributed by atoms with E-state index in [0.29, 0.717) is 12.8 Å². The molecule has 2 saturated heterocycles. The van der Waals surface area contributed by atoms with Crippen molar-refractivity contribution < 1.29 is 14.3 Å². The van der Waals surface area contributed by atoms with Crippen LogP contribution in [0.2, 0.25) is 0 Å². The molecule has 0 spiro atoms. The van der Waals surface area contributed by atoms with Crippen molar-refractivity contribution in [2.75, 3.05) is 13.7 Å². The second-order valence-electron chi connectivity index (χ2n) is 9.21. The molecular formula is C25H29N3O3. The van der Waals surface area contributed by atoms with Crippen LogP contribution in [0.15, 0.2) is 48.5 Å². The van der Waals surface area contributed by atoms with Gasteiger partial charge in [-0.15, -0.1) is 0 Å². The molecule has 2 fully saturated rings. The molecule has 162 valence electrons. The minimum atomic E-state index is -1.04. The fourth-order valence-corrected chi connectivity index (χ4v) is 5.87. The normalized spacial score (nSPS) is 27.3. The Bertz CT molecular complexity index is 961. The number of nitrogens with one attached hydrogen (secondary N) is 1. The van der Waals surface area contributed by atoms with E-state index in [1.54, 1.807) is 0 Å². The molecule has 2 aromatic rings. The van der Waals surface area contributed by atoms with Crippen LogP contribution >= 0.6 is 0 Å². The van der Waals surface area contributed by atoms with E-state index in [0.717, 1.165) is 30.4 Å². The largest absolute Gasteiger partial charge is 0.449 e. The van der Waals surface area contributed by atoms with Crippen LogP contribution in [0.4, 0.5) is 4.79 Å². The van der Waals surface area contributed by atoms with Crippen LogP contribution in [-0.4, -0.2) is 48.2 Å². The first-order valence-electron chi connectivity index (χ1n) is 11.1. The zero-order valence-electron chi connectivity index (χ0n) is 17.8. The zero-order chi connectivity index (χ0) is 21.6. The van der Waals surface area contributed by atoms with E-state index in [1.807, 2.05) is 24.3 Å². The highest BCUT2D eigenvalue weighted by molar-refractivity contribution is 5.89. The van der Waals surface area contributed by atoms with Gasteiger partial charge in [0, 0.05) is 18.0 Å². The van der Waals surface area contributed by atoms with Crippen molar-refractivity contribution in [2.24, 2.45) is 5.73 Å². The number of ether oxygens (including phenoxy) is 1. The summed E-state index contributed by atoms with van der Waals surface area (Å²) in [6.45, 7) is 0.224. The minimum Gasteiger partial charge on any atom is -0.449 e. The lowest BCUT2D eigenvalue weighted by Crippen LogP contribution is -2.67. The van der Waals surface area contributed by atoms with Gasteiger partial charge in [-0.2, -0.15) is 0 Å². The molecule has 0 aromatic heterocycles. The topological polar surface area (TPSA) is 84.7 Å². The number of benzene rings is 2. The van der Waals surface area contributed by atoms with E-state index in [2.05, 4.69) is 41.5 Å². The van der Waals surface area contributed by atoms with Crippen LogP contribution in [-0.2, 0) is 9.53 Å². The third kappa shape index (κ3) is 3.39. The number of piperidine rings is 2. The maximum Gasteiger partial charge on any atom is 0.408 e. The fourth-order valence-electron chi connectivity index (χ4n) is 5.87. The highest BCUT2D eigenvalue weighted by Crippen LogP contribution is 2.44. The van der Waals surface area contributed by atoms with Gasteiger partial charge in [0.1, 0.15) is 12.1 Å². The molecule has 2 aromatic carbocycles. The van der Waals surface area contributed by atoms with Gasteiger partial charge in [0.2, 0.25) is 5.91 Å². The lowest BCUT2D eigenvalue weighted by molar-refractivity contribution is -0.129. The summed E-state index contributed by atoms with van der Waals surface area (Å²) in [5, 5.41) is 2.89. The van der Waals surface area contributed by atoms with Crippen LogP contribution in [0, 0.1) is 0 Å². The predicted octanol–water partition coefficient (Wildman–Crippen LogP) is 3.40. The smallest absolute Gasteiger partial charge is 0.408 e. The van der Waals surface area contributed by atoms with Gasteiger partial charge in [-0.3, -0.25) is 4.79 Å². The Morgan fingerprint density at radius 3 is 2.13 bits per heavy atom. The monoisotopic (exact) mass is 419 g/mol. The summed E-state index contributed by atoms with van der Waals surface area (Å²) in [4.78, 5) is 27.7. The number of nitrogens with zero attached hydrogens (tertiary/aromatic N) is 1. The van der Waals surface area contributed by atoms with Crippen LogP contribution in [0.3, 0.4) is 0 Å². The van der Waals surface area contributed by atoms with Crippen molar-refractivity contribution in [1.29, 1.82) is 0 Å². The molecule has 0 radical (unpaired) electrons. The summed E-state index contributed by atoms with van der Waals surface area (Å²) < 4.78 is 5.70. The Morgan fingerprint density at radius 2 is 1.58 bits per heavy atom. The standard InChI is InChI=1S/C25H29N3O3/c1-28-16-7-6-8-17(28)14-25(13-16,23(26)29)27-24(30)31-15-22-20-11-4-2-9-18(20)19-10-3-5-12-21(19)22/h2-5,9-12,16-17,22H,6-8,13-15H2,1H3,(H2,26,29)(H,27,30). The lowest BCUT2D eigenvalue weighted by atomic mass is 9.73. The molecule has 3 aliphatic rings. The summed E-state index contributed by atoms with van der Waals surface area (Å²) in [6, 6.07) is 17.0. The third-order valence-corrected chi connectivity index (χ3v) is 7.55. The average molecular weight is 420 g/mol. The molecule has 2 aliphatic heterocycles. The second kappa shape index (κ2) is 7.68. The molecule has 6 heteroatoms. The number of primary amides is 1. The molecule has 2 atom stereocenters. The number of nitrogens with two attached hydrogens (primary N) is 1. The number of alkyl carbamates (subject to hydrolysis) is 1. The molecule has 0 saturated carbocycles. The van der Waals surface area contributed by atoms with E-state index in [9.17, 15) is 9.59 Å². The van der Waals surface area contributed by atoms with Gasteiger partial charge in [-0.05, 0) is 55.0 Å². The van der Waals surface area contributed by atoms with Gasteiger partial charge in [0.05, 0.1) is 0 Å². The summed E-state index contributed by atoms with van der Waals surface area (Å²) in [6.07, 6.45) is 3.71. The Kier molecular flexibility index (Phi) is 4.97. The first-order valence-corrected chi connectivity index (χ1v) is 11.1. The average Bonchev–Trinajstić information content (AvgIpc) is 3.07. The zero-order valence-corrected chi connectivity index (χ0v) is 17.8. The Morgan fingerprint density at radius 1 is 1.03 bits per heavy atom. The first-order chi connectivity index (χ1) is 15.0. The van der Waals surface area contributed by atoms with Gasteiger partial charge in [0.25, 0.3) is 0 Å². The van der Waals surface area contributed by atoms with Crippen LogP contribution in [0.5, 0.6) is 0 Å². The van der Waals surface area contributed by atoms with Crippen molar-refractivity contribution in [1.82, 2.24) is 10.2 Å². The van der Waals surface area contributed by atoms with Crippen molar-refractivity contribution in [3.8, 4) is 11.1 Å². The first kappa shape index (κ1) is 20.1. The molecular weight excluding hydrogens is 390 g/mol. The highest BCUT2D eigenvalue weighted by Gasteiger charge is 2.50. The Labute approximate surface area is 182 Å². The third-order valence-electron chi connectivity index (χ3n) is 7.55. The number of fused-ring (bicyclic) bond motifs is 5. The van der Waals surface area contributed by atoms with Crippen LogP contribution in [0.25, 0.3) is 11.1 Å². The highest BCUT2D eigenvalue weighted by atomic mass is 16.5. The summed E-state index contributed by atoms with van der Waals surface area (Å²) in [5.74, 6) is -0.481. The van der Waals surface area contributed by atoms with Crippen molar-refractivity contribution in [2.45, 2.75) is 55.6 Å². The Balaban J connectivity index is 1.31. The Hall–Kier alpha value is -2.86. The SMILES string of the molecule is CN1C2CCCC1CC(NC(=O)OCC1c3ccccc3-c3ccccc31)(C(N)=O)C2. The van der Waals surface area contributed by atoms with Crippen molar-refractivity contribution >= 4 is 12.0 Å². The van der Waals surface area contributed by atoms with Gasteiger partial charge in [0.15, 0.2) is 0 Å². The molecule has 1 aliphatic carbocycles. The van der Waals surface area contributed by atoms with E-state index in [1.165, 1.54) is 11.1 Å². The van der Waals surface area contributed by atoms with Gasteiger partial charge in [-0.25, -0.2) is 4.79 Å². The summed E-state index contributed by atoms with van der Waals surface area (Å²) in [7, 11) is 2.10. The quantitative estimate of drug-likeness (QED) is 0.796. The number of hydrogen-bond donors (Lipinski definition) is 2. The molecule has 5 rings (SSSR count). The van der Waals surface area contributed by atoms with E-state index >= 15 is 0 Å². The van der Waals surface area contributed by atoms with Crippen LogP contribution < -0.4 is 11.1 Å². The fraction of sp³-hybridized carbons (Fsp3) is 0.440. The summed E-state index contributed by atoms with van der Waals surface area (Å²) in [5.41, 5.74) is 9.47. The molecule has 2 heterocycles. The maximum absolute atomic E-state index is 12.8. The van der Waals surface area contributed by atoms with E-state index < -0.39 is 17.5 Å². The molecule has 31 heavy (non-hydrogen) atoms. The number of rotatable bonds is 4. The van der Waals surface area contributed by atoms with Gasteiger partial charge < -0.3 is 20.7 Å². The minimum absolute atomic E-state index is 0.0143. The van der Waals surface area contributed by atoms with Crippen molar-refractivity contribution in [3.05, 3.63) is 59.7 Å². The van der Waals surface area contributed by atoms with E-state index in [-0.39, 0.29) is 24.6 Å². The molecule has 3 N–H and O–H groups in total. The maximum atomic E-state index is 12.8. The van der Waals surface area contributed by atoms with Gasteiger partial charge in [-0.1, -0.05) is 55.0 Å². The summed E-state index contributed by atoms with van der Waals surface area (Å²) >= 11 is 0. The predicted molar refractivity (Wildman–Crippen MR) is 119 cm³/mol. The van der Waals surface area contributed by atoms with Crippen molar-refractivity contribution in [3.63, 3.8) is 0 Å². The molecule has 2 unspecified atom stereocenters. The second-order valence-corrected chi connectivity index (χ2v) is 9.21. The van der Waals surface area contributed by atoms with Crippen LogP contribution in [0.1, 0.15) is 49.1 Å². The van der Waals surface area contributed by atoms with E-state index in [4.69, 9.17) is 10.5 Å².